The van der Waals surface area contributed by atoms with Gasteiger partial charge in [0.2, 0.25) is 0 Å². The largest absolute Gasteiger partial charge is 0.492 e. The van der Waals surface area contributed by atoms with Crippen LogP contribution in [-0.2, 0) is 14.9 Å². The Morgan fingerprint density at radius 2 is 1.70 bits per heavy atom. The molecule has 0 spiro atoms. The highest BCUT2D eigenvalue weighted by atomic mass is 32.1. The minimum absolute atomic E-state index is 0.236. The second-order valence-corrected chi connectivity index (χ2v) is 11.3. The van der Waals surface area contributed by atoms with Crippen LogP contribution in [0.25, 0.3) is 10.8 Å². The Bertz CT molecular complexity index is 1300. The zero-order chi connectivity index (χ0) is 26.6. The normalized spacial score (nSPS) is 14.4. The van der Waals surface area contributed by atoms with Crippen molar-refractivity contribution in [3.05, 3.63) is 57.8 Å². The summed E-state index contributed by atoms with van der Waals surface area (Å²) in [4.78, 5) is 42.2. The predicted octanol–water partition coefficient (Wildman–Crippen LogP) is 5.67. The lowest BCUT2D eigenvalue weighted by Crippen LogP contribution is -2.33. The maximum Gasteiger partial charge on any atom is 0.350 e. The summed E-state index contributed by atoms with van der Waals surface area (Å²) < 4.78 is 11.0. The summed E-state index contributed by atoms with van der Waals surface area (Å²) in [6, 6.07) is 12.5. The number of hydrogen-bond acceptors (Lipinski definition) is 7. The van der Waals surface area contributed by atoms with Gasteiger partial charge in [-0.1, -0.05) is 51.5 Å². The highest BCUT2D eigenvalue weighted by Gasteiger charge is 2.27. The van der Waals surface area contributed by atoms with Gasteiger partial charge in [0.05, 0.1) is 12.8 Å². The van der Waals surface area contributed by atoms with Gasteiger partial charge in [-0.2, -0.15) is 0 Å². The van der Waals surface area contributed by atoms with Gasteiger partial charge in [0.15, 0.2) is 0 Å². The van der Waals surface area contributed by atoms with Crippen LogP contribution in [0, 0.1) is 0 Å². The Morgan fingerprint density at radius 1 is 1.00 bits per heavy atom. The molecular weight excluding hydrogens is 488 g/mol. The molecule has 1 aliphatic rings. The first kappa shape index (κ1) is 26.8. The number of ether oxygens (including phenoxy) is 2. The molecule has 8 heteroatoms. The summed E-state index contributed by atoms with van der Waals surface area (Å²) >= 11 is 1.25. The zero-order valence-electron chi connectivity index (χ0n) is 21.9. The summed E-state index contributed by atoms with van der Waals surface area (Å²) in [6.07, 6.45) is 3.75. The lowest BCUT2D eigenvalue weighted by Gasteiger charge is -2.26. The van der Waals surface area contributed by atoms with Crippen LogP contribution < -0.4 is 10.1 Å². The van der Waals surface area contributed by atoms with Gasteiger partial charge < -0.3 is 14.8 Å². The van der Waals surface area contributed by atoms with E-state index in [0.29, 0.717) is 17.7 Å². The van der Waals surface area contributed by atoms with Gasteiger partial charge in [-0.05, 0) is 54.9 Å². The molecule has 7 nitrogen and oxygen atoms in total. The van der Waals surface area contributed by atoms with Crippen molar-refractivity contribution in [1.29, 1.82) is 0 Å². The Balaban J connectivity index is 1.54. The van der Waals surface area contributed by atoms with E-state index in [1.165, 1.54) is 37.7 Å². The number of thiophene rings is 1. The molecule has 1 aromatic heterocycles. The molecule has 0 radical (unpaired) electrons. The first-order chi connectivity index (χ1) is 17.7. The average molecular weight is 523 g/mol. The molecule has 1 aliphatic heterocycles. The summed E-state index contributed by atoms with van der Waals surface area (Å²) in [5.74, 6) is -1.37. The number of Topliss-reactive ketones (excluding diaryl/α,β-unsaturated/α-hetero) is 1. The Morgan fingerprint density at radius 3 is 2.38 bits per heavy atom. The zero-order valence-corrected chi connectivity index (χ0v) is 22.7. The van der Waals surface area contributed by atoms with Crippen molar-refractivity contribution < 1.29 is 23.9 Å². The number of benzene rings is 2. The van der Waals surface area contributed by atoms with E-state index in [4.69, 9.17) is 9.47 Å². The van der Waals surface area contributed by atoms with Crippen LogP contribution in [0.4, 0.5) is 5.69 Å². The van der Waals surface area contributed by atoms with E-state index >= 15 is 0 Å². The fourth-order valence-corrected chi connectivity index (χ4v) is 5.55. The monoisotopic (exact) mass is 522 g/mol. The van der Waals surface area contributed by atoms with Crippen molar-refractivity contribution in [2.24, 2.45) is 0 Å². The third-order valence-electron chi connectivity index (χ3n) is 6.54. The number of esters is 1. The van der Waals surface area contributed by atoms with Gasteiger partial charge in [0, 0.05) is 22.4 Å². The highest BCUT2D eigenvalue weighted by Crippen LogP contribution is 2.36. The van der Waals surface area contributed by atoms with Crippen LogP contribution in [0.1, 0.15) is 64.9 Å². The topological polar surface area (TPSA) is 84.9 Å². The number of amides is 1. The Labute approximate surface area is 221 Å². The lowest BCUT2D eigenvalue weighted by atomic mass is 9.94. The number of ketones is 1. The molecule has 0 saturated carbocycles. The summed E-state index contributed by atoms with van der Waals surface area (Å²) in [7, 11) is 1.29. The maximum absolute atomic E-state index is 13.3. The fraction of sp³-hybridized carbons (Fsp3) is 0.414. The van der Waals surface area contributed by atoms with E-state index in [1.54, 1.807) is 18.2 Å². The van der Waals surface area contributed by atoms with Crippen molar-refractivity contribution >= 4 is 45.5 Å². The van der Waals surface area contributed by atoms with E-state index in [-0.39, 0.29) is 21.5 Å². The van der Waals surface area contributed by atoms with Crippen LogP contribution in [0.5, 0.6) is 5.75 Å². The molecule has 1 saturated heterocycles. The SMILES string of the molecule is COC(=O)c1sc(C(C)(C)C)cc1NC(=O)C(=O)c1ccc(OCCN2CCCCC2)c2ccccc12. The second kappa shape index (κ2) is 11.4. The molecule has 1 fully saturated rings. The number of nitrogens with zero attached hydrogens (tertiary/aromatic N) is 1. The van der Waals surface area contributed by atoms with E-state index in [0.717, 1.165) is 29.9 Å². The number of fused-ring (bicyclic) bond motifs is 1. The van der Waals surface area contributed by atoms with Gasteiger partial charge in [-0.3, -0.25) is 14.5 Å². The fourth-order valence-electron chi connectivity index (χ4n) is 4.46. The van der Waals surface area contributed by atoms with Gasteiger partial charge in [0.1, 0.15) is 17.2 Å². The molecule has 1 N–H and O–H groups in total. The molecule has 0 bridgehead atoms. The third-order valence-corrected chi connectivity index (χ3v) is 8.08. The third kappa shape index (κ3) is 6.19. The number of likely N-dealkylation sites (tertiary alicyclic amines) is 1. The van der Waals surface area contributed by atoms with Gasteiger partial charge in [-0.25, -0.2) is 4.79 Å². The number of piperidine rings is 1. The molecule has 4 rings (SSSR count). The first-order valence-electron chi connectivity index (χ1n) is 12.6. The van der Waals surface area contributed by atoms with E-state index in [1.807, 2.05) is 45.0 Å². The molecule has 0 unspecified atom stereocenters. The number of hydrogen-bond donors (Lipinski definition) is 1. The Kier molecular flexibility index (Phi) is 8.29. The molecule has 196 valence electrons. The minimum Gasteiger partial charge on any atom is -0.492 e. The summed E-state index contributed by atoms with van der Waals surface area (Å²) in [5.41, 5.74) is 0.324. The molecule has 2 aromatic carbocycles. The van der Waals surface area contributed by atoms with Crippen LogP contribution in [-0.4, -0.2) is 55.9 Å². The number of carbonyl (C=O) groups is 3. The van der Waals surface area contributed by atoms with Crippen LogP contribution >= 0.6 is 11.3 Å². The van der Waals surface area contributed by atoms with E-state index < -0.39 is 17.7 Å². The molecule has 37 heavy (non-hydrogen) atoms. The van der Waals surface area contributed by atoms with Crippen molar-refractivity contribution in [3.63, 3.8) is 0 Å². The molecule has 1 amide bonds. The van der Waals surface area contributed by atoms with Crippen LogP contribution in [0.3, 0.4) is 0 Å². The van der Waals surface area contributed by atoms with Crippen LogP contribution in [0.15, 0.2) is 42.5 Å². The van der Waals surface area contributed by atoms with Crippen molar-refractivity contribution in [1.82, 2.24) is 4.90 Å². The standard InChI is InChI=1S/C29H34N2O5S/c1-29(2,3)24-18-22(26(37-24)28(34)35-4)30-27(33)25(32)21-12-13-23(20-11-7-6-10-19(20)21)36-17-16-31-14-8-5-9-15-31/h6-7,10-13,18H,5,8-9,14-17H2,1-4H3,(H,30,33). The van der Waals surface area contributed by atoms with Gasteiger partial charge >= 0.3 is 5.97 Å². The predicted molar refractivity (Wildman–Crippen MR) is 147 cm³/mol. The van der Waals surface area contributed by atoms with E-state index in [2.05, 4.69) is 10.2 Å². The maximum atomic E-state index is 13.3. The van der Waals surface area contributed by atoms with Crippen molar-refractivity contribution in [3.8, 4) is 5.75 Å². The molecule has 0 atom stereocenters. The van der Waals surface area contributed by atoms with Crippen LogP contribution in [0.2, 0.25) is 0 Å². The quantitative estimate of drug-likeness (QED) is 0.233. The summed E-state index contributed by atoms with van der Waals surface area (Å²) in [5, 5.41) is 4.07. The lowest BCUT2D eigenvalue weighted by molar-refractivity contribution is -0.112. The summed E-state index contributed by atoms with van der Waals surface area (Å²) in [6.45, 7) is 9.66. The Hall–Kier alpha value is -3.23. The number of nitrogens with one attached hydrogen (secondary N) is 1. The van der Waals surface area contributed by atoms with Gasteiger partial charge in [0.25, 0.3) is 11.7 Å². The number of rotatable bonds is 8. The number of methoxy groups -OCH3 is 1. The molecule has 0 aliphatic carbocycles. The first-order valence-corrected chi connectivity index (χ1v) is 13.5. The second-order valence-electron chi connectivity index (χ2n) is 10.3. The minimum atomic E-state index is -0.813. The number of anilines is 1. The molecule has 3 aromatic rings. The van der Waals surface area contributed by atoms with Gasteiger partial charge in [-0.15, -0.1) is 11.3 Å². The van der Waals surface area contributed by atoms with Crippen molar-refractivity contribution in [2.75, 3.05) is 38.7 Å². The molecule has 2 heterocycles. The average Bonchev–Trinajstić information content (AvgIpc) is 3.33. The smallest absolute Gasteiger partial charge is 0.350 e. The van der Waals surface area contributed by atoms with Crippen molar-refractivity contribution in [2.45, 2.75) is 45.4 Å². The molecular formula is C29H34N2O5S. The van der Waals surface area contributed by atoms with E-state index in [9.17, 15) is 14.4 Å². The number of carbonyl (C=O) groups excluding carboxylic acids is 3. The highest BCUT2D eigenvalue weighted by molar-refractivity contribution is 7.14.